The highest BCUT2D eigenvalue weighted by atomic mass is 19.1. The van der Waals surface area contributed by atoms with Gasteiger partial charge in [-0.3, -0.25) is 4.79 Å². The molecule has 0 spiro atoms. The van der Waals surface area contributed by atoms with Crippen LogP contribution in [0.2, 0.25) is 0 Å². The molecule has 1 unspecified atom stereocenters. The Hall–Kier alpha value is -3.00. The van der Waals surface area contributed by atoms with Crippen molar-refractivity contribution in [3.63, 3.8) is 0 Å². The molecule has 8 heteroatoms. The van der Waals surface area contributed by atoms with Crippen LogP contribution in [0.1, 0.15) is 25.3 Å². The quantitative estimate of drug-likeness (QED) is 0.829. The van der Waals surface area contributed by atoms with Crippen LogP contribution in [0.4, 0.5) is 8.78 Å². The molecule has 1 aliphatic rings. The van der Waals surface area contributed by atoms with Crippen molar-refractivity contribution < 1.29 is 27.5 Å². The molecule has 0 aliphatic heterocycles. The number of primary amides is 1. The highest BCUT2D eigenvalue weighted by Crippen LogP contribution is 2.33. The average Bonchev–Trinajstić information content (AvgIpc) is 3.14. The molecule has 2 atom stereocenters. The second-order valence-corrected chi connectivity index (χ2v) is 5.94. The summed E-state index contributed by atoms with van der Waals surface area (Å²) in [7, 11) is 1.58. The molecule has 0 saturated heterocycles. The van der Waals surface area contributed by atoms with Crippen LogP contribution in [-0.2, 0) is 9.53 Å². The minimum absolute atomic E-state index is 0.0647. The number of benzene rings is 1. The van der Waals surface area contributed by atoms with Gasteiger partial charge in [-0.15, -0.1) is 0 Å². The van der Waals surface area contributed by atoms with Crippen molar-refractivity contribution in [2.24, 2.45) is 5.73 Å². The van der Waals surface area contributed by atoms with Crippen molar-refractivity contribution in [3.05, 3.63) is 59.7 Å². The second kappa shape index (κ2) is 7.71. The minimum Gasteiger partial charge on any atom is -0.497 e. The first kappa shape index (κ1) is 18.8. The number of nitrogens with zero attached hydrogens (tertiary/aromatic N) is 1. The maximum Gasteiger partial charge on any atom is 0.254 e. The normalized spacial score (nSPS) is 18.2. The number of nitrogens with two attached hydrogens (primary N) is 1. The van der Waals surface area contributed by atoms with Gasteiger partial charge in [0, 0.05) is 12.0 Å². The number of carbonyl (C=O) groups excluding carboxylic acids is 1. The van der Waals surface area contributed by atoms with Gasteiger partial charge in [-0.1, -0.05) is 0 Å². The summed E-state index contributed by atoms with van der Waals surface area (Å²) in [5.41, 5.74) is 5.62. The van der Waals surface area contributed by atoms with Crippen LogP contribution in [0.15, 0.2) is 58.2 Å². The monoisotopic (exact) mass is 376 g/mol. The molecule has 1 aliphatic carbocycles. The molecule has 0 saturated carbocycles. The Morgan fingerprint density at radius 1 is 1.33 bits per heavy atom. The van der Waals surface area contributed by atoms with Crippen molar-refractivity contribution in [2.45, 2.75) is 25.6 Å². The van der Waals surface area contributed by atoms with Gasteiger partial charge >= 0.3 is 0 Å². The first-order valence-electron chi connectivity index (χ1n) is 8.21. The van der Waals surface area contributed by atoms with Crippen molar-refractivity contribution in [1.82, 2.24) is 4.98 Å². The van der Waals surface area contributed by atoms with Gasteiger partial charge in [0.1, 0.15) is 47.1 Å². The van der Waals surface area contributed by atoms with Gasteiger partial charge in [-0.2, -0.15) is 0 Å². The third kappa shape index (κ3) is 3.90. The summed E-state index contributed by atoms with van der Waals surface area (Å²) in [6.45, 7) is 1.62. The zero-order valence-corrected chi connectivity index (χ0v) is 14.7. The van der Waals surface area contributed by atoms with E-state index in [2.05, 4.69) is 4.98 Å². The molecule has 6 nitrogen and oxygen atoms in total. The Morgan fingerprint density at radius 2 is 2.04 bits per heavy atom. The van der Waals surface area contributed by atoms with E-state index < -0.39 is 35.3 Å². The number of aromatic nitrogens is 1. The number of halogens is 2. The largest absolute Gasteiger partial charge is 0.497 e. The summed E-state index contributed by atoms with van der Waals surface area (Å²) < 4.78 is 44.0. The van der Waals surface area contributed by atoms with Gasteiger partial charge in [-0.25, -0.2) is 13.8 Å². The molecule has 1 aromatic carbocycles. The zero-order valence-electron chi connectivity index (χ0n) is 14.7. The van der Waals surface area contributed by atoms with Gasteiger partial charge in [0.25, 0.3) is 5.91 Å². The Bertz CT molecular complexity index is 903. The molecule has 2 N–H and O–H groups in total. The molecule has 0 bridgehead atoms. The number of oxazole rings is 1. The first-order valence-corrected chi connectivity index (χ1v) is 8.21. The lowest BCUT2D eigenvalue weighted by Gasteiger charge is -2.22. The fraction of sp³-hybridized carbons (Fsp3) is 0.263. The topological polar surface area (TPSA) is 87.6 Å². The fourth-order valence-electron chi connectivity index (χ4n) is 2.72. The van der Waals surface area contributed by atoms with Crippen molar-refractivity contribution in [2.75, 3.05) is 7.11 Å². The maximum absolute atomic E-state index is 14.3. The minimum atomic E-state index is -1.18. The van der Waals surface area contributed by atoms with Crippen LogP contribution in [0.5, 0.6) is 5.75 Å². The molecule has 1 aromatic heterocycles. The highest BCUT2D eigenvalue weighted by Gasteiger charge is 2.31. The second-order valence-electron chi connectivity index (χ2n) is 5.94. The van der Waals surface area contributed by atoms with E-state index in [4.69, 9.17) is 19.6 Å². The van der Waals surface area contributed by atoms with Crippen LogP contribution in [0.25, 0.3) is 11.3 Å². The first-order chi connectivity index (χ1) is 12.9. The van der Waals surface area contributed by atoms with Gasteiger partial charge in [0.2, 0.25) is 5.89 Å². The van der Waals surface area contributed by atoms with Crippen molar-refractivity contribution in [1.29, 1.82) is 0 Å². The van der Waals surface area contributed by atoms with Gasteiger partial charge in [0.15, 0.2) is 0 Å². The van der Waals surface area contributed by atoms with Crippen LogP contribution in [0, 0.1) is 0 Å². The average molecular weight is 376 g/mol. The highest BCUT2D eigenvalue weighted by molar-refractivity contribution is 5.96. The Kier molecular flexibility index (Phi) is 5.36. The number of rotatable bonds is 6. The SMILES string of the molecule is COc1ccc(-c2coc([C@H](C)OC3CC=C(F)C(C(N)=O)=C3F)n2)cc1. The number of amides is 1. The van der Waals surface area contributed by atoms with E-state index in [9.17, 15) is 13.6 Å². The van der Waals surface area contributed by atoms with E-state index >= 15 is 0 Å². The van der Waals surface area contributed by atoms with Gasteiger partial charge in [-0.05, 0) is 37.3 Å². The van der Waals surface area contributed by atoms with E-state index in [0.717, 1.165) is 11.6 Å². The number of hydrogen-bond acceptors (Lipinski definition) is 5. The molecular weight excluding hydrogens is 358 g/mol. The number of carbonyl (C=O) groups is 1. The molecule has 1 amide bonds. The summed E-state index contributed by atoms with van der Waals surface area (Å²) in [6, 6.07) is 7.22. The van der Waals surface area contributed by atoms with Crippen molar-refractivity contribution >= 4 is 5.91 Å². The predicted octanol–water partition coefficient (Wildman–Crippen LogP) is 3.76. The molecule has 142 valence electrons. The summed E-state index contributed by atoms with van der Waals surface area (Å²) in [5.74, 6) is -2.25. The smallest absolute Gasteiger partial charge is 0.254 e. The van der Waals surface area contributed by atoms with E-state index in [0.29, 0.717) is 11.4 Å². The zero-order chi connectivity index (χ0) is 19.6. The number of methoxy groups -OCH3 is 1. The van der Waals surface area contributed by atoms with E-state index in [1.54, 1.807) is 26.2 Å². The third-order valence-electron chi connectivity index (χ3n) is 4.14. The molecule has 27 heavy (non-hydrogen) atoms. The lowest BCUT2D eigenvalue weighted by Crippen LogP contribution is -2.25. The standard InChI is InChI=1S/C19H18F2N2O4/c1-10(27-15-8-7-13(20)16(17(15)21)18(22)24)19-23-14(9-26-19)11-3-5-12(25-2)6-4-11/h3-7,9-10,15H,8H2,1-2H3,(H2,22,24)/t10-,15?/m0/s1. The molecule has 1 heterocycles. The summed E-state index contributed by atoms with van der Waals surface area (Å²) in [4.78, 5) is 15.6. The summed E-state index contributed by atoms with van der Waals surface area (Å²) in [5, 5.41) is 0. The molecule has 3 rings (SSSR count). The van der Waals surface area contributed by atoms with Gasteiger partial charge < -0.3 is 19.6 Å². The third-order valence-corrected chi connectivity index (χ3v) is 4.14. The molecule has 0 radical (unpaired) electrons. The van der Waals surface area contributed by atoms with Gasteiger partial charge in [0.05, 0.1) is 7.11 Å². The Morgan fingerprint density at radius 3 is 2.67 bits per heavy atom. The molecule has 2 aromatic rings. The summed E-state index contributed by atoms with van der Waals surface area (Å²) >= 11 is 0. The van der Waals surface area contributed by atoms with Crippen LogP contribution in [0.3, 0.4) is 0 Å². The van der Waals surface area contributed by atoms with E-state index in [-0.39, 0.29) is 12.3 Å². The van der Waals surface area contributed by atoms with Crippen LogP contribution >= 0.6 is 0 Å². The van der Waals surface area contributed by atoms with E-state index in [1.165, 1.54) is 6.26 Å². The van der Waals surface area contributed by atoms with E-state index in [1.807, 2.05) is 12.1 Å². The predicted molar refractivity (Wildman–Crippen MR) is 92.9 cm³/mol. The number of ether oxygens (including phenoxy) is 2. The van der Waals surface area contributed by atoms with Crippen LogP contribution in [-0.4, -0.2) is 24.1 Å². The van der Waals surface area contributed by atoms with Crippen molar-refractivity contribution in [3.8, 4) is 17.0 Å². The molecular formula is C19H18F2N2O4. The maximum atomic E-state index is 14.3. The fourth-order valence-corrected chi connectivity index (χ4v) is 2.72. The van der Waals surface area contributed by atoms with Crippen LogP contribution < -0.4 is 10.5 Å². The lowest BCUT2D eigenvalue weighted by molar-refractivity contribution is -0.114. The molecule has 0 fully saturated rings. The summed E-state index contributed by atoms with van der Waals surface area (Å²) in [6.07, 6.45) is 0.595. The lowest BCUT2D eigenvalue weighted by atomic mass is 10.0. The number of hydrogen-bond donors (Lipinski definition) is 1. The Balaban J connectivity index is 1.74. The Labute approximate surface area is 154 Å².